The van der Waals surface area contributed by atoms with Crippen molar-refractivity contribution in [3.8, 4) is 0 Å². The zero-order valence-corrected chi connectivity index (χ0v) is 6.85. The highest BCUT2D eigenvalue weighted by molar-refractivity contribution is 7.92. The van der Waals surface area contributed by atoms with Gasteiger partial charge in [-0.25, -0.2) is 13.2 Å². The van der Waals surface area contributed by atoms with E-state index in [1.54, 1.807) is 0 Å². The van der Waals surface area contributed by atoms with Crippen molar-refractivity contribution >= 4 is 15.9 Å². The van der Waals surface area contributed by atoms with Crippen molar-refractivity contribution in [2.45, 2.75) is 6.10 Å². The third-order valence-corrected chi connectivity index (χ3v) is 3.12. The molecule has 5 nitrogen and oxygen atoms in total. The summed E-state index contributed by atoms with van der Waals surface area (Å²) in [4.78, 5) is 10.5. The van der Waals surface area contributed by atoms with E-state index in [9.17, 15) is 13.2 Å². The number of sulfone groups is 1. The van der Waals surface area contributed by atoms with Gasteiger partial charge in [0.1, 0.15) is 6.10 Å². The van der Waals surface area contributed by atoms with Crippen molar-refractivity contribution in [2.75, 3.05) is 18.6 Å². The fraction of sp³-hybridized carbons (Fsp3) is 0.800. The van der Waals surface area contributed by atoms with Crippen LogP contribution < -0.4 is 5.32 Å². The quantitative estimate of drug-likeness (QED) is 0.568. The lowest BCUT2D eigenvalue weighted by Crippen LogP contribution is -2.45. The second-order valence-electron chi connectivity index (χ2n) is 2.35. The number of hydrogen-bond donors (Lipinski definition) is 1. The minimum atomic E-state index is -2.89. The largest absolute Gasteiger partial charge is 0.444 e. The van der Waals surface area contributed by atoms with E-state index in [1.807, 2.05) is 0 Å². The van der Waals surface area contributed by atoms with Crippen LogP contribution in [0.2, 0.25) is 0 Å². The zero-order chi connectivity index (χ0) is 8.48. The van der Waals surface area contributed by atoms with Crippen molar-refractivity contribution < 1.29 is 17.9 Å². The number of hydrogen-bond acceptors (Lipinski definition) is 4. The molecule has 6 heteroatoms. The lowest BCUT2D eigenvalue weighted by molar-refractivity contribution is 0.113. The molecule has 11 heavy (non-hydrogen) atoms. The Morgan fingerprint density at radius 1 is 1.55 bits per heavy atom. The second-order valence-corrected chi connectivity index (χ2v) is 4.51. The molecule has 0 bridgehead atoms. The first-order valence-electron chi connectivity index (χ1n) is 3.12. The maximum Gasteiger partial charge on any atom is 0.407 e. The molecule has 64 valence electrons. The maximum absolute atomic E-state index is 10.6. The summed E-state index contributed by atoms with van der Waals surface area (Å²) in [5, 5.41) is 2.24. The lowest BCUT2D eigenvalue weighted by atomic mass is 10.4. The summed E-state index contributed by atoms with van der Waals surface area (Å²) < 4.78 is 25.8. The smallest absolute Gasteiger partial charge is 0.407 e. The zero-order valence-electron chi connectivity index (χ0n) is 6.03. The molecular weight excluding hydrogens is 170 g/mol. The van der Waals surface area contributed by atoms with Crippen molar-refractivity contribution in [2.24, 2.45) is 0 Å². The van der Waals surface area contributed by atoms with Crippen LogP contribution in [0, 0.1) is 0 Å². The van der Waals surface area contributed by atoms with Crippen molar-refractivity contribution in [3.63, 3.8) is 0 Å². The molecule has 0 atom stereocenters. The summed E-state index contributed by atoms with van der Waals surface area (Å²) in [5.41, 5.74) is 0. The molecule has 1 fully saturated rings. The first-order chi connectivity index (χ1) is 5.03. The Bertz CT molecular complexity index is 246. The molecule has 1 rings (SSSR count). The highest BCUT2D eigenvalue weighted by Gasteiger charge is 2.36. The van der Waals surface area contributed by atoms with Crippen molar-refractivity contribution in [3.05, 3.63) is 0 Å². The van der Waals surface area contributed by atoms with Gasteiger partial charge in [0.15, 0.2) is 9.84 Å². The fourth-order valence-electron chi connectivity index (χ4n) is 0.796. The SMILES string of the molecule is CNC(=O)OC1CS(=O)(=O)C1. The summed E-state index contributed by atoms with van der Waals surface area (Å²) >= 11 is 0. The molecule has 0 aromatic heterocycles. The lowest BCUT2D eigenvalue weighted by Gasteiger charge is -2.24. The number of alkyl carbamates (subject to hydrolysis) is 1. The molecule has 1 saturated heterocycles. The summed E-state index contributed by atoms with van der Waals surface area (Å²) in [6.45, 7) is 0. The Labute approximate surface area is 64.6 Å². The van der Waals surface area contributed by atoms with Gasteiger partial charge in [-0.15, -0.1) is 0 Å². The van der Waals surface area contributed by atoms with Crippen LogP contribution in [0.1, 0.15) is 0 Å². The Morgan fingerprint density at radius 2 is 2.09 bits per heavy atom. The monoisotopic (exact) mass is 179 g/mol. The van der Waals surface area contributed by atoms with Gasteiger partial charge in [0.05, 0.1) is 11.5 Å². The first-order valence-corrected chi connectivity index (χ1v) is 4.94. The van der Waals surface area contributed by atoms with Gasteiger partial charge in [-0.1, -0.05) is 0 Å². The van der Waals surface area contributed by atoms with Crippen LogP contribution >= 0.6 is 0 Å². The van der Waals surface area contributed by atoms with E-state index in [0.29, 0.717) is 0 Å². The van der Waals surface area contributed by atoms with Gasteiger partial charge in [0, 0.05) is 7.05 Å². The van der Waals surface area contributed by atoms with E-state index in [1.165, 1.54) is 7.05 Å². The number of carbonyl (C=O) groups excluding carboxylic acids is 1. The normalized spacial score (nSPS) is 21.9. The number of rotatable bonds is 1. The predicted molar refractivity (Wildman–Crippen MR) is 38.0 cm³/mol. The van der Waals surface area contributed by atoms with Crippen LogP contribution in [0.4, 0.5) is 4.79 Å². The van der Waals surface area contributed by atoms with Gasteiger partial charge in [0.25, 0.3) is 0 Å². The predicted octanol–water partition coefficient (Wildman–Crippen LogP) is -0.861. The Morgan fingerprint density at radius 3 is 2.45 bits per heavy atom. The van der Waals surface area contributed by atoms with E-state index in [2.05, 4.69) is 10.1 Å². The number of carbonyl (C=O) groups is 1. The molecule has 1 heterocycles. The molecule has 1 aliphatic rings. The fourth-order valence-corrected chi connectivity index (χ4v) is 1.97. The number of nitrogens with one attached hydrogen (secondary N) is 1. The summed E-state index contributed by atoms with van der Waals surface area (Å²) in [7, 11) is -1.46. The average molecular weight is 179 g/mol. The van der Waals surface area contributed by atoms with E-state index < -0.39 is 22.0 Å². The molecule has 1 amide bonds. The Balaban J connectivity index is 2.29. The molecular formula is C5H9NO4S. The van der Waals surface area contributed by atoms with Crippen LogP contribution in [-0.4, -0.2) is 39.2 Å². The molecule has 0 unspecified atom stereocenters. The Kier molecular flexibility index (Phi) is 2.03. The van der Waals surface area contributed by atoms with E-state index in [-0.39, 0.29) is 11.5 Å². The highest BCUT2D eigenvalue weighted by Crippen LogP contribution is 2.13. The van der Waals surface area contributed by atoms with Crippen LogP contribution in [0.25, 0.3) is 0 Å². The molecule has 0 aromatic rings. The maximum atomic E-state index is 10.6. The second kappa shape index (κ2) is 2.69. The van der Waals surface area contributed by atoms with E-state index >= 15 is 0 Å². The summed E-state index contributed by atoms with van der Waals surface area (Å²) in [5.74, 6) is -0.0825. The van der Waals surface area contributed by atoms with Crippen LogP contribution in [-0.2, 0) is 14.6 Å². The van der Waals surface area contributed by atoms with Gasteiger partial charge in [-0.3, -0.25) is 0 Å². The van der Waals surface area contributed by atoms with Gasteiger partial charge in [-0.05, 0) is 0 Å². The van der Waals surface area contributed by atoms with Gasteiger partial charge < -0.3 is 10.1 Å². The summed E-state index contributed by atoms with van der Waals surface area (Å²) in [6.07, 6.45) is -1.02. The average Bonchev–Trinajstić information content (AvgIpc) is 1.83. The molecule has 1 aliphatic heterocycles. The van der Waals surface area contributed by atoms with Gasteiger partial charge >= 0.3 is 6.09 Å². The molecule has 0 radical (unpaired) electrons. The third-order valence-electron chi connectivity index (χ3n) is 1.36. The van der Waals surface area contributed by atoms with Gasteiger partial charge in [0.2, 0.25) is 0 Å². The highest BCUT2D eigenvalue weighted by atomic mass is 32.2. The topological polar surface area (TPSA) is 72.5 Å². The third kappa shape index (κ3) is 2.07. The first kappa shape index (κ1) is 8.32. The minimum Gasteiger partial charge on any atom is -0.444 e. The molecule has 0 spiro atoms. The molecule has 0 aromatic carbocycles. The van der Waals surface area contributed by atoms with E-state index in [0.717, 1.165) is 0 Å². The Hall–Kier alpha value is -0.780. The summed E-state index contributed by atoms with van der Waals surface area (Å²) in [6, 6.07) is 0. The van der Waals surface area contributed by atoms with Crippen LogP contribution in [0.5, 0.6) is 0 Å². The van der Waals surface area contributed by atoms with Crippen LogP contribution in [0.3, 0.4) is 0 Å². The number of ether oxygens (including phenoxy) is 1. The molecule has 1 N–H and O–H groups in total. The van der Waals surface area contributed by atoms with Crippen LogP contribution in [0.15, 0.2) is 0 Å². The van der Waals surface area contributed by atoms with Gasteiger partial charge in [-0.2, -0.15) is 0 Å². The number of amides is 1. The van der Waals surface area contributed by atoms with Crippen molar-refractivity contribution in [1.82, 2.24) is 5.32 Å². The molecule has 0 aliphatic carbocycles. The molecule has 0 saturated carbocycles. The van der Waals surface area contributed by atoms with E-state index in [4.69, 9.17) is 0 Å². The standard InChI is InChI=1S/C5H9NO4S/c1-6-5(7)10-4-2-11(8,9)3-4/h4H,2-3H2,1H3,(H,6,7). The minimum absolute atomic E-state index is 0.0413. The van der Waals surface area contributed by atoms with Crippen molar-refractivity contribution in [1.29, 1.82) is 0 Å².